The molecule has 16 heavy (non-hydrogen) atoms. The molecule has 0 nitrogen and oxygen atoms in total. The van der Waals surface area contributed by atoms with Crippen molar-refractivity contribution in [2.75, 3.05) is 0 Å². The van der Waals surface area contributed by atoms with E-state index in [9.17, 15) is 0 Å². The Labute approximate surface area is 101 Å². The van der Waals surface area contributed by atoms with E-state index in [0.29, 0.717) is 5.41 Å². The summed E-state index contributed by atoms with van der Waals surface area (Å²) in [5, 5.41) is 0. The molecule has 0 aromatic rings. The third-order valence-electron chi connectivity index (χ3n) is 7.83. The Hall–Kier alpha value is 0. The molecule has 0 amide bonds. The Morgan fingerprint density at radius 2 is 1.75 bits per heavy atom. The summed E-state index contributed by atoms with van der Waals surface area (Å²) in [5.74, 6) is 4.02. The smallest absolute Gasteiger partial charge is 0.0114 e. The van der Waals surface area contributed by atoms with Crippen molar-refractivity contribution in [3.63, 3.8) is 0 Å². The van der Waals surface area contributed by atoms with Crippen molar-refractivity contribution in [3.05, 3.63) is 0 Å². The minimum atomic E-state index is 0.654. The third-order valence-corrected chi connectivity index (χ3v) is 7.83. The lowest BCUT2D eigenvalue weighted by molar-refractivity contribution is 0.0359. The second-order valence-corrected chi connectivity index (χ2v) is 7.28. The molecule has 5 atom stereocenters. The summed E-state index contributed by atoms with van der Waals surface area (Å²) in [4.78, 5) is 0. The molecule has 3 rings (SSSR count). The zero-order valence-electron chi connectivity index (χ0n) is 11.9. The predicted molar refractivity (Wildman–Crippen MR) is 69.2 cm³/mol. The lowest BCUT2D eigenvalue weighted by Gasteiger charge is -2.45. The first kappa shape index (κ1) is 11.1. The largest absolute Gasteiger partial charge is 0.0651 e. The first-order valence-electron chi connectivity index (χ1n) is 7.46. The van der Waals surface area contributed by atoms with Crippen LogP contribution in [0, 0.1) is 39.9 Å². The summed E-state index contributed by atoms with van der Waals surface area (Å²) < 4.78 is 0. The van der Waals surface area contributed by atoms with Gasteiger partial charge in [-0.25, -0.2) is 0 Å². The standard InChI is InChI=1S/C16H28/c1-7-10(3)14(6)9-13(8-2)15-11(4)16(14,15)12(15)5/h10-13H,7-9H2,1-6H3. The molecule has 3 saturated carbocycles. The predicted octanol–water partition coefficient (Wildman–Crippen LogP) is 4.74. The van der Waals surface area contributed by atoms with E-state index >= 15 is 0 Å². The maximum Gasteiger partial charge on any atom is -0.0114 e. The molecule has 92 valence electrons. The van der Waals surface area contributed by atoms with Crippen LogP contribution in [0.4, 0.5) is 0 Å². The van der Waals surface area contributed by atoms with Crippen molar-refractivity contribution in [1.29, 1.82) is 0 Å². The van der Waals surface area contributed by atoms with E-state index < -0.39 is 0 Å². The first-order valence-corrected chi connectivity index (χ1v) is 7.46. The average molecular weight is 220 g/mol. The van der Waals surface area contributed by atoms with Crippen LogP contribution >= 0.6 is 0 Å². The zero-order chi connectivity index (χ0) is 11.9. The van der Waals surface area contributed by atoms with Crippen LogP contribution in [0.1, 0.15) is 60.8 Å². The molecule has 0 bridgehead atoms. The highest BCUT2D eigenvalue weighted by molar-refractivity contribution is 5.48. The van der Waals surface area contributed by atoms with Crippen LogP contribution in [0.15, 0.2) is 0 Å². The van der Waals surface area contributed by atoms with Gasteiger partial charge in [0, 0.05) is 0 Å². The highest BCUT2D eigenvalue weighted by Crippen LogP contribution is 3.05. The van der Waals surface area contributed by atoms with Gasteiger partial charge < -0.3 is 0 Å². The van der Waals surface area contributed by atoms with Crippen LogP contribution < -0.4 is 0 Å². The van der Waals surface area contributed by atoms with Crippen molar-refractivity contribution in [3.8, 4) is 0 Å². The molecule has 3 aliphatic carbocycles. The summed E-state index contributed by atoms with van der Waals surface area (Å²) in [7, 11) is 0. The van der Waals surface area contributed by atoms with Crippen molar-refractivity contribution >= 4 is 0 Å². The Morgan fingerprint density at radius 3 is 2.12 bits per heavy atom. The van der Waals surface area contributed by atoms with Crippen LogP contribution in [-0.2, 0) is 0 Å². The van der Waals surface area contributed by atoms with E-state index in [1.165, 1.54) is 19.3 Å². The second-order valence-electron chi connectivity index (χ2n) is 7.28. The molecule has 3 aliphatic rings. The normalized spacial score (nSPS) is 63.8. The average Bonchev–Trinajstić information content (AvgIpc) is 3.02. The maximum atomic E-state index is 2.62. The van der Waals surface area contributed by atoms with Crippen LogP contribution in [0.3, 0.4) is 0 Å². The fraction of sp³-hybridized carbons (Fsp3) is 1.00. The van der Waals surface area contributed by atoms with Gasteiger partial charge in [0.2, 0.25) is 0 Å². The Balaban J connectivity index is 2.00. The van der Waals surface area contributed by atoms with E-state index in [1.807, 2.05) is 0 Å². The summed E-state index contributed by atoms with van der Waals surface area (Å²) in [6, 6.07) is 0. The molecule has 0 heterocycles. The SMILES string of the molecule is CCC(C)C1(C)CC(CC)C23C(C)C12C3C. The van der Waals surface area contributed by atoms with Gasteiger partial charge in [0.15, 0.2) is 0 Å². The van der Waals surface area contributed by atoms with E-state index in [0.717, 1.165) is 34.5 Å². The number of hydrogen-bond donors (Lipinski definition) is 0. The van der Waals surface area contributed by atoms with Gasteiger partial charge >= 0.3 is 0 Å². The van der Waals surface area contributed by atoms with Gasteiger partial charge in [0.1, 0.15) is 0 Å². The van der Waals surface area contributed by atoms with Gasteiger partial charge in [-0.05, 0) is 46.3 Å². The minimum absolute atomic E-state index is 0.654. The van der Waals surface area contributed by atoms with E-state index in [1.54, 1.807) is 0 Å². The summed E-state index contributed by atoms with van der Waals surface area (Å²) in [6.07, 6.45) is 4.31. The first-order chi connectivity index (χ1) is 7.46. The van der Waals surface area contributed by atoms with Crippen molar-refractivity contribution in [2.24, 2.45) is 39.9 Å². The van der Waals surface area contributed by atoms with Gasteiger partial charge in [-0.2, -0.15) is 0 Å². The molecule has 0 aliphatic heterocycles. The monoisotopic (exact) mass is 220 g/mol. The quantitative estimate of drug-likeness (QED) is 0.644. The van der Waals surface area contributed by atoms with Gasteiger partial charge in [0.25, 0.3) is 0 Å². The molecule has 0 spiro atoms. The highest BCUT2D eigenvalue weighted by atomic mass is 15.1. The van der Waals surface area contributed by atoms with E-state index in [2.05, 4.69) is 41.5 Å². The molecule has 0 aromatic carbocycles. The van der Waals surface area contributed by atoms with Crippen LogP contribution in [0.5, 0.6) is 0 Å². The Kier molecular flexibility index (Phi) is 1.87. The van der Waals surface area contributed by atoms with Crippen LogP contribution in [0.25, 0.3) is 0 Å². The van der Waals surface area contributed by atoms with E-state index in [4.69, 9.17) is 0 Å². The van der Waals surface area contributed by atoms with Crippen LogP contribution in [0.2, 0.25) is 0 Å². The lowest BCUT2D eigenvalue weighted by Crippen LogP contribution is -2.38. The molecular formula is C16H28. The fourth-order valence-electron chi connectivity index (χ4n) is 7.07. The van der Waals surface area contributed by atoms with Crippen molar-refractivity contribution in [1.82, 2.24) is 0 Å². The number of rotatable bonds is 3. The molecule has 0 heteroatoms. The van der Waals surface area contributed by atoms with Crippen molar-refractivity contribution < 1.29 is 0 Å². The van der Waals surface area contributed by atoms with Crippen LogP contribution in [-0.4, -0.2) is 0 Å². The molecule has 0 N–H and O–H groups in total. The topological polar surface area (TPSA) is 0 Å². The lowest BCUT2D eigenvalue weighted by atomic mass is 9.60. The fourth-order valence-corrected chi connectivity index (χ4v) is 7.07. The summed E-state index contributed by atoms with van der Waals surface area (Å²) in [5.41, 5.74) is 2.23. The van der Waals surface area contributed by atoms with Gasteiger partial charge in [-0.1, -0.05) is 54.4 Å². The zero-order valence-corrected chi connectivity index (χ0v) is 11.9. The maximum absolute atomic E-state index is 2.62. The third kappa shape index (κ3) is 0.680. The molecule has 5 unspecified atom stereocenters. The molecule has 3 fully saturated rings. The molecule has 0 aromatic heterocycles. The highest BCUT2D eigenvalue weighted by Gasteiger charge is 3.02. The van der Waals surface area contributed by atoms with Gasteiger partial charge in [-0.3, -0.25) is 0 Å². The van der Waals surface area contributed by atoms with E-state index in [-0.39, 0.29) is 0 Å². The van der Waals surface area contributed by atoms with Crippen molar-refractivity contribution in [2.45, 2.75) is 60.8 Å². The van der Waals surface area contributed by atoms with Gasteiger partial charge in [-0.15, -0.1) is 0 Å². The Bertz CT molecular complexity index is 319. The summed E-state index contributed by atoms with van der Waals surface area (Å²) in [6.45, 7) is 15.0. The second kappa shape index (κ2) is 2.70. The number of hydrogen-bond acceptors (Lipinski definition) is 0. The minimum Gasteiger partial charge on any atom is -0.0651 e. The molecular weight excluding hydrogens is 192 g/mol. The summed E-state index contributed by atoms with van der Waals surface area (Å²) >= 11 is 0. The molecule has 0 radical (unpaired) electrons. The molecule has 0 saturated heterocycles. The Morgan fingerprint density at radius 1 is 1.19 bits per heavy atom. The van der Waals surface area contributed by atoms with Gasteiger partial charge in [0.05, 0.1) is 0 Å².